The summed E-state index contributed by atoms with van der Waals surface area (Å²) in [7, 11) is 0. The van der Waals surface area contributed by atoms with Crippen molar-refractivity contribution < 1.29 is 14.3 Å². The molecule has 1 saturated heterocycles. The Morgan fingerprint density at radius 1 is 1.33 bits per heavy atom. The minimum absolute atomic E-state index is 0.0850. The fourth-order valence-electron chi connectivity index (χ4n) is 2.41. The van der Waals surface area contributed by atoms with E-state index in [1.165, 1.54) is 0 Å². The molecule has 2 amide bonds. The average molecular weight is 309 g/mol. The molecule has 3 rings (SSSR count). The van der Waals surface area contributed by atoms with Crippen molar-refractivity contribution in [2.75, 3.05) is 13.1 Å². The van der Waals surface area contributed by atoms with Gasteiger partial charge in [0, 0.05) is 11.1 Å². The molecule has 1 saturated carbocycles. The topological polar surface area (TPSA) is 58.6 Å². The minimum Gasteiger partial charge on any atom is -0.442 e. The molecule has 2 aliphatic rings. The van der Waals surface area contributed by atoms with Crippen molar-refractivity contribution >= 4 is 23.6 Å². The molecule has 1 heterocycles. The zero-order valence-electron chi connectivity index (χ0n) is 11.5. The quantitative estimate of drug-likeness (QED) is 0.905. The molecule has 5 nitrogen and oxygen atoms in total. The molecule has 1 aliphatic heterocycles. The highest BCUT2D eigenvalue weighted by molar-refractivity contribution is 6.30. The van der Waals surface area contributed by atoms with Crippen LogP contribution in [0.4, 0.5) is 4.79 Å². The van der Waals surface area contributed by atoms with E-state index in [2.05, 4.69) is 5.32 Å². The molecule has 1 N–H and O–H groups in total. The summed E-state index contributed by atoms with van der Waals surface area (Å²) in [6, 6.07) is 7.53. The second-order valence-electron chi connectivity index (χ2n) is 5.50. The largest absolute Gasteiger partial charge is 0.442 e. The number of ether oxygens (including phenoxy) is 1. The number of nitrogens with zero attached hydrogens (tertiary/aromatic N) is 1. The van der Waals surface area contributed by atoms with Gasteiger partial charge in [0.05, 0.1) is 19.5 Å². The lowest BCUT2D eigenvalue weighted by Crippen LogP contribution is -2.35. The van der Waals surface area contributed by atoms with Gasteiger partial charge in [-0.15, -0.1) is 0 Å². The van der Waals surface area contributed by atoms with Crippen LogP contribution in [0.1, 0.15) is 18.4 Å². The molecular weight excluding hydrogens is 292 g/mol. The molecule has 2 fully saturated rings. The summed E-state index contributed by atoms with van der Waals surface area (Å²) in [5, 5.41) is 3.46. The van der Waals surface area contributed by atoms with Crippen molar-refractivity contribution in [2.45, 2.75) is 31.4 Å². The smallest absolute Gasteiger partial charge is 0.410 e. The number of benzene rings is 1. The van der Waals surface area contributed by atoms with Gasteiger partial charge in [0.1, 0.15) is 6.10 Å². The highest BCUT2D eigenvalue weighted by Gasteiger charge is 2.40. The predicted octanol–water partition coefficient (Wildman–Crippen LogP) is 1.98. The number of halogens is 1. The Kier molecular flexibility index (Phi) is 4.01. The molecule has 1 aliphatic carbocycles. The van der Waals surface area contributed by atoms with Gasteiger partial charge in [0.25, 0.3) is 0 Å². The first-order valence-electron chi connectivity index (χ1n) is 7.10. The van der Waals surface area contributed by atoms with Crippen LogP contribution in [0.25, 0.3) is 0 Å². The lowest BCUT2D eigenvalue weighted by Gasteiger charge is -2.11. The van der Waals surface area contributed by atoms with Crippen LogP contribution in [0.5, 0.6) is 0 Å². The number of cyclic esters (lactones) is 1. The molecule has 21 heavy (non-hydrogen) atoms. The van der Waals surface area contributed by atoms with Gasteiger partial charge >= 0.3 is 6.09 Å². The molecule has 1 aromatic rings. The molecule has 1 unspecified atom stereocenters. The van der Waals surface area contributed by atoms with E-state index in [1.54, 1.807) is 17.0 Å². The van der Waals surface area contributed by atoms with Crippen LogP contribution in [-0.4, -0.2) is 42.1 Å². The highest BCUT2D eigenvalue weighted by Crippen LogP contribution is 2.30. The van der Waals surface area contributed by atoms with E-state index in [9.17, 15) is 9.59 Å². The summed E-state index contributed by atoms with van der Waals surface area (Å²) >= 11 is 5.80. The van der Waals surface area contributed by atoms with Gasteiger partial charge in [-0.25, -0.2) is 4.79 Å². The second kappa shape index (κ2) is 5.93. The Labute approximate surface area is 128 Å². The Bertz CT molecular complexity index is 542. The van der Waals surface area contributed by atoms with E-state index >= 15 is 0 Å². The monoisotopic (exact) mass is 308 g/mol. The van der Waals surface area contributed by atoms with Crippen molar-refractivity contribution in [1.82, 2.24) is 10.2 Å². The number of carbonyl (C=O) groups excluding carboxylic acids is 2. The highest BCUT2D eigenvalue weighted by atomic mass is 35.5. The van der Waals surface area contributed by atoms with E-state index < -0.39 is 0 Å². The maximum Gasteiger partial charge on any atom is 0.410 e. The Balaban J connectivity index is 1.43. The van der Waals surface area contributed by atoms with Crippen LogP contribution in [0.15, 0.2) is 24.3 Å². The van der Waals surface area contributed by atoms with Crippen LogP contribution in [0.2, 0.25) is 5.02 Å². The number of hydrogen-bond acceptors (Lipinski definition) is 3. The molecule has 0 radical (unpaired) electrons. The predicted molar refractivity (Wildman–Crippen MR) is 78.2 cm³/mol. The van der Waals surface area contributed by atoms with Gasteiger partial charge in [-0.05, 0) is 30.5 Å². The SMILES string of the molecule is O=C(Cc1ccc(Cl)cc1)NCC1CN(C2CC2)C(=O)O1. The van der Waals surface area contributed by atoms with Crippen molar-refractivity contribution in [3.8, 4) is 0 Å². The Morgan fingerprint density at radius 2 is 2.05 bits per heavy atom. The fraction of sp³-hybridized carbons (Fsp3) is 0.467. The fourth-order valence-corrected chi connectivity index (χ4v) is 2.54. The van der Waals surface area contributed by atoms with Gasteiger partial charge in [-0.1, -0.05) is 23.7 Å². The maximum atomic E-state index is 11.9. The lowest BCUT2D eigenvalue weighted by molar-refractivity contribution is -0.120. The molecule has 1 atom stereocenters. The van der Waals surface area contributed by atoms with Crippen LogP contribution in [-0.2, 0) is 16.0 Å². The molecule has 0 spiro atoms. The van der Waals surface area contributed by atoms with Gasteiger partial charge in [-0.3, -0.25) is 4.79 Å². The van der Waals surface area contributed by atoms with Gasteiger partial charge < -0.3 is 15.0 Å². The van der Waals surface area contributed by atoms with Gasteiger partial charge in [0.2, 0.25) is 5.91 Å². The summed E-state index contributed by atoms with van der Waals surface area (Å²) in [4.78, 5) is 25.2. The third-order valence-corrected chi connectivity index (χ3v) is 3.95. The van der Waals surface area contributed by atoms with Gasteiger partial charge in [0.15, 0.2) is 0 Å². The van der Waals surface area contributed by atoms with Crippen LogP contribution >= 0.6 is 11.6 Å². The van der Waals surface area contributed by atoms with Crippen molar-refractivity contribution in [3.63, 3.8) is 0 Å². The van der Waals surface area contributed by atoms with Crippen LogP contribution in [0, 0.1) is 0 Å². The zero-order valence-corrected chi connectivity index (χ0v) is 12.3. The second-order valence-corrected chi connectivity index (χ2v) is 5.93. The maximum absolute atomic E-state index is 11.9. The van der Waals surface area contributed by atoms with Gasteiger partial charge in [-0.2, -0.15) is 0 Å². The summed E-state index contributed by atoms with van der Waals surface area (Å²) < 4.78 is 5.25. The summed E-state index contributed by atoms with van der Waals surface area (Å²) in [6.07, 6.45) is 1.92. The van der Waals surface area contributed by atoms with E-state index in [4.69, 9.17) is 16.3 Å². The molecular formula is C15H17ClN2O3. The number of amides is 2. The summed E-state index contributed by atoms with van der Waals surface area (Å²) in [5.41, 5.74) is 0.903. The number of nitrogens with one attached hydrogen (secondary N) is 1. The number of hydrogen-bond donors (Lipinski definition) is 1. The third-order valence-electron chi connectivity index (χ3n) is 3.69. The molecule has 112 valence electrons. The van der Waals surface area contributed by atoms with E-state index in [1.807, 2.05) is 12.1 Å². The third kappa shape index (κ3) is 3.67. The van der Waals surface area contributed by atoms with Crippen molar-refractivity contribution in [3.05, 3.63) is 34.9 Å². The van der Waals surface area contributed by atoms with Crippen LogP contribution in [0.3, 0.4) is 0 Å². The molecule has 0 aromatic heterocycles. The Hall–Kier alpha value is -1.75. The summed E-state index contributed by atoms with van der Waals surface area (Å²) in [5.74, 6) is -0.0850. The normalized spacial score (nSPS) is 21.3. The average Bonchev–Trinajstić information content (AvgIpc) is 3.23. The first-order chi connectivity index (χ1) is 10.1. The standard InChI is InChI=1S/C15H17ClN2O3/c16-11-3-1-10(2-4-11)7-14(19)17-8-13-9-18(12-5-6-12)15(20)21-13/h1-4,12-13H,5-9H2,(H,17,19). The molecule has 6 heteroatoms. The number of carbonyl (C=O) groups is 2. The summed E-state index contributed by atoms with van der Waals surface area (Å²) in [6.45, 7) is 0.937. The van der Waals surface area contributed by atoms with E-state index in [0.29, 0.717) is 30.6 Å². The first-order valence-corrected chi connectivity index (χ1v) is 7.48. The lowest BCUT2D eigenvalue weighted by atomic mass is 10.1. The van der Waals surface area contributed by atoms with Crippen LogP contribution < -0.4 is 5.32 Å². The van der Waals surface area contributed by atoms with E-state index in [0.717, 1.165) is 18.4 Å². The van der Waals surface area contributed by atoms with Crippen molar-refractivity contribution in [2.24, 2.45) is 0 Å². The first kappa shape index (κ1) is 14.2. The minimum atomic E-state index is -0.255. The number of rotatable bonds is 5. The zero-order chi connectivity index (χ0) is 14.8. The Morgan fingerprint density at radius 3 is 2.71 bits per heavy atom. The van der Waals surface area contributed by atoms with Crippen molar-refractivity contribution in [1.29, 1.82) is 0 Å². The molecule has 1 aromatic carbocycles. The van der Waals surface area contributed by atoms with E-state index in [-0.39, 0.29) is 18.1 Å². The molecule has 0 bridgehead atoms.